The van der Waals surface area contributed by atoms with E-state index in [4.69, 9.17) is 4.74 Å². The minimum Gasteiger partial charge on any atom is -0.383 e. The summed E-state index contributed by atoms with van der Waals surface area (Å²) >= 11 is 0. The fraction of sp³-hybridized carbons (Fsp3) is 0.300. The van der Waals surface area contributed by atoms with E-state index >= 15 is 0 Å². The van der Waals surface area contributed by atoms with Gasteiger partial charge in [-0.05, 0) is 48.2 Å². The van der Waals surface area contributed by atoms with Crippen LogP contribution in [-0.4, -0.2) is 47.1 Å². The summed E-state index contributed by atoms with van der Waals surface area (Å²) < 4.78 is 5.25. The highest BCUT2D eigenvalue weighted by atomic mass is 16.5. The lowest BCUT2D eigenvalue weighted by Crippen LogP contribution is -2.38. The molecular weight excluding hydrogens is 314 g/mol. The number of carbonyl (C=O) groups excluding carboxylic acids is 1. The maximum Gasteiger partial charge on any atom is 0.254 e. The second-order valence-corrected chi connectivity index (χ2v) is 6.46. The molecule has 4 rings (SSSR count). The highest BCUT2D eigenvalue weighted by Gasteiger charge is 2.29. The first kappa shape index (κ1) is 15.8. The molecule has 3 aromatic rings. The van der Waals surface area contributed by atoms with Crippen LogP contribution in [0.3, 0.4) is 0 Å². The van der Waals surface area contributed by atoms with Gasteiger partial charge in [0.1, 0.15) is 0 Å². The SMILES string of the molecule is COC[C@@H]1CCCN1C(=O)c1ccc(-c2ccc3nc[nH]c3c2)cc1. The third-order valence-corrected chi connectivity index (χ3v) is 4.88. The minimum atomic E-state index is 0.0927. The molecule has 0 spiro atoms. The summed E-state index contributed by atoms with van der Waals surface area (Å²) in [4.78, 5) is 22.1. The molecule has 2 heterocycles. The average molecular weight is 335 g/mol. The number of fused-ring (bicyclic) bond motifs is 1. The topological polar surface area (TPSA) is 58.2 Å². The number of hydrogen-bond acceptors (Lipinski definition) is 3. The van der Waals surface area contributed by atoms with Crippen LogP contribution in [0.1, 0.15) is 23.2 Å². The van der Waals surface area contributed by atoms with E-state index in [0.717, 1.165) is 47.1 Å². The van der Waals surface area contributed by atoms with E-state index in [9.17, 15) is 4.79 Å². The number of rotatable bonds is 4. The standard InChI is InChI=1S/C20H21N3O2/c1-25-12-17-3-2-10-23(17)20(24)15-6-4-14(5-7-15)16-8-9-18-19(11-16)22-13-21-18/h4-9,11,13,17H,2-3,10,12H2,1H3,(H,21,22)/t17-/m0/s1. The molecule has 1 N–H and O–H groups in total. The summed E-state index contributed by atoms with van der Waals surface area (Å²) in [5, 5.41) is 0. The maximum absolute atomic E-state index is 12.8. The summed E-state index contributed by atoms with van der Waals surface area (Å²) in [5.74, 6) is 0.0927. The monoisotopic (exact) mass is 335 g/mol. The van der Waals surface area contributed by atoms with Crippen LogP contribution >= 0.6 is 0 Å². The van der Waals surface area contributed by atoms with Crippen molar-refractivity contribution in [2.24, 2.45) is 0 Å². The van der Waals surface area contributed by atoms with Crippen LogP contribution in [0.4, 0.5) is 0 Å². The predicted octanol–water partition coefficient (Wildman–Crippen LogP) is 3.48. The number of nitrogens with zero attached hydrogens (tertiary/aromatic N) is 2. The van der Waals surface area contributed by atoms with Gasteiger partial charge in [-0.3, -0.25) is 4.79 Å². The number of aromatic nitrogens is 2. The number of benzene rings is 2. The van der Waals surface area contributed by atoms with Crippen LogP contribution in [0.5, 0.6) is 0 Å². The summed E-state index contributed by atoms with van der Waals surface area (Å²) in [6.07, 6.45) is 3.76. The lowest BCUT2D eigenvalue weighted by Gasteiger charge is -2.24. The van der Waals surface area contributed by atoms with E-state index in [0.29, 0.717) is 6.61 Å². The van der Waals surface area contributed by atoms with E-state index in [1.165, 1.54) is 0 Å². The van der Waals surface area contributed by atoms with Crippen LogP contribution in [-0.2, 0) is 4.74 Å². The van der Waals surface area contributed by atoms with Crippen LogP contribution < -0.4 is 0 Å². The zero-order valence-electron chi connectivity index (χ0n) is 14.2. The fourth-order valence-electron chi connectivity index (χ4n) is 3.55. The zero-order valence-corrected chi connectivity index (χ0v) is 14.2. The molecule has 1 aliphatic heterocycles. The molecule has 0 bridgehead atoms. The Hall–Kier alpha value is -2.66. The first-order valence-electron chi connectivity index (χ1n) is 8.60. The van der Waals surface area contributed by atoms with Crippen LogP contribution in [0.2, 0.25) is 0 Å². The molecule has 0 unspecified atom stereocenters. The molecule has 25 heavy (non-hydrogen) atoms. The van der Waals surface area contributed by atoms with Gasteiger partial charge in [0, 0.05) is 19.2 Å². The van der Waals surface area contributed by atoms with Crippen LogP contribution in [0.15, 0.2) is 48.8 Å². The molecule has 1 saturated heterocycles. The number of aromatic amines is 1. The second kappa shape index (κ2) is 6.69. The van der Waals surface area contributed by atoms with Gasteiger partial charge in [-0.15, -0.1) is 0 Å². The van der Waals surface area contributed by atoms with E-state index in [1.807, 2.05) is 35.2 Å². The van der Waals surface area contributed by atoms with E-state index in [-0.39, 0.29) is 11.9 Å². The number of H-pyrrole nitrogens is 1. The Morgan fingerprint density at radius 3 is 2.84 bits per heavy atom. The number of amides is 1. The average Bonchev–Trinajstić information content (AvgIpc) is 3.30. The Labute approximate surface area is 146 Å². The molecule has 0 aliphatic carbocycles. The minimum absolute atomic E-state index is 0.0927. The Morgan fingerprint density at radius 1 is 1.24 bits per heavy atom. The van der Waals surface area contributed by atoms with Gasteiger partial charge >= 0.3 is 0 Å². The van der Waals surface area contributed by atoms with Crippen molar-refractivity contribution < 1.29 is 9.53 Å². The predicted molar refractivity (Wildman–Crippen MR) is 97.5 cm³/mol. The van der Waals surface area contributed by atoms with E-state index < -0.39 is 0 Å². The maximum atomic E-state index is 12.8. The van der Waals surface area contributed by atoms with E-state index in [1.54, 1.807) is 13.4 Å². The van der Waals surface area contributed by atoms with Crippen LogP contribution in [0, 0.1) is 0 Å². The van der Waals surface area contributed by atoms with Crippen LogP contribution in [0.25, 0.3) is 22.2 Å². The Balaban J connectivity index is 1.56. The molecule has 1 amide bonds. The first-order valence-corrected chi connectivity index (χ1v) is 8.60. The number of nitrogens with one attached hydrogen (secondary N) is 1. The van der Waals surface area contributed by atoms with Gasteiger partial charge in [0.2, 0.25) is 0 Å². The molecule has 1 aromatic heterocycles. The Bertz CT molecular complexity index is 885. The zero-order chi connectivity index (χ0) is 17.2. The van der Waals surface area contributed by atoms with Gasteiger partial charge in [0.15, 0.2) is 0 Å². The summed E-state index contributed by atoms with van der Waals surface area (Å²) in [6.45, 7) is 1.42. The molecule has 5 nitrogen and oxygen atoms in total. The summed E-state index contributed by atoms with van der Waals surface area (Å²) in [5.41, 5.74) is 4.89. The molecule has 0 saturated carbocycles. The van der Waals surface area contributed by atoms with Crippen molar-refractivity contribution >= 4 is 16.9 Å². The largest absolute Gasteiger partial charge is 0.383 e. The van der Waals surface area contributed by atoms with Gasteiger partial charge in [-0.25, -0.2) is 4.98 Å². The number of methoxy groups -OCH3 is 1. The normalized spacial score (nSPS) is 17.3. The van der Waals surface area contributed by atoms with Gasteiger partial charge in [-0.1, -0.05) is 18.2 Å². The summed E-state index contributed by atoms with van der Waals surface area (Å²) in [6, 6.07) is 14.2. The lowest BCUT2D eigenvalue weighted by atomic mass is 10.0. The second-order valence-electron chi connectivity index (χ2n) is 6.46. The molecule has 5 heteroatoms. The van der Waals surface area contributed by atoms with E-state index in [2.05, 4.69) is 22.1 Å². The highest BCUT2D eigenvalue weighted by molar-refractivity contribution is 5.95. The van der Waals surface area contributed by atoms with Crippen molar-refractivity contribution in [2.75, 3.05) is 20.3 Å². The van der Waals surface area contributed by atoms with Gasteiger partial charge < -0.3 is 14.6 Å². The molecule has 128 valence electrons. The van der Waals surface area contributed by atoms with Crippen molar-refractivity contribution in [2.45, 2.75) is 18.9 Å². The highest BCUT2D eigenvalue weighted by Crippen LogP contribution is 2.25. The van der Waals surface area contributed by atoms with Crippen molar-refractivity contribution in [1.82, 2.24) is 14.9 Å². The van der Waals surface area contributed by atoms with Gasteiger partial charge in [-0.2, -0.15) is 0 Å². The molecule has 1 atom stereocenters. The quantitative estimate of drug-likeness (QED) is 0.794. The Morgan fingerprint density at radius 2 is 2.04 bits per heavy atom. The molecule has 1 aliphatic rings. The molecule has 0 radical (unpaired) electrons. The Kier molecular flexibility index (Phi) is 4.24. The number of ether oxygens (including phenoxy) is 1. The number of imidazole rings is 1. The summed E-state index contributed by atoms with van der Waals surface area (Å²) in [7, 11) is 1.69. The fourth-order valence-corrected chi connectivity index (χ4v) is 3.55. The van der Waals surface area contributed by atoms with Crippen molar-refractivity contribution in [3.05, 3.63) is 54.4 Å². The number of likely N-dealkylation sites (tertiary alicyclic amines) is 1. The lowest BCUT2D eigenvalue weighted by molar-refractivity contribution is 0.0630. The van der Waals surface area contributed by atoms with Gasteiger partial charge in [0.25, 0.3) is 5.91 Å². The molecule has 2 aromatic carbocycles. The number of hydrogen-bond donors (Lipinski definition) is 1. The van der Waals surface area contributed by atoms with Crippen molar-refractivity contribution in [3.63, 3.8) is 0 Å². The number of carbonyl (C=O) groups is 1. The third kappa shape index (κ3) is 3.03. The third-order valence-electron chi connectivity index (χ3n) is 4.88. The first-order chi connectivity index (χ1) is 12.3. The van der Waals surface area contributed by atoms with Crippen molar-refractivity contribution in [1.29, 1.82) is 0 Å². The molecular formula is C20H21N3O2. The smallest absolute Gasteiger partial charge is 0.254 e. The van der Waals surface area contributed by atoms with Gasteiger partial charge in [0.05, 0.1) is 30.0 Å². The molecule has 1 fully saturated rings. The van der Waals surface area contributed by atoms with Crippen molar-refractivity contribution in [3.8, 4) is 11.1 Å².